The second-order valence-electron chi connectivity index (χ2n) is 5.43. The van der Waals surface area contributed by atoms with Crippen molar-refractivity contribution in [1.29, 1.82) is 0 Å². The molecule has 4 nitrogen and oxygen atoms in total. The molecule has 1 aromatic rings. The van der Waals surface area contributed by atoms with Crippen molar-refractivity contribution < 1.29 is 9.18 Å². The summed E-state index contributed by atoms with van der Waals surface area (Å²) < 4.78 is 13.0. The quantitative estimate of drug-likeness (QED) is 0.735. The topological polar surface area (TPSA) is 58.4 Å². The molecule has 1 atom stereocenters. The third-order valence-electron chi connectivity index (χ3n) is 3.76. The van der Waals surface area contributed by atoms with E-state index in [2.05, 4.69) is 10.2 Å². The third-order valence-corrected chi connectivity index (χ3v) is 3.76. The Labute approximate surface area is 126 Å². The Hall–Kier alpha value is -1.62. The predicted molar refractivity (Wildman–Crippen MR) is 84.8 cm³/mol. The van der Waals surface area contributed by atoms with Gasteiger partial charge in [-0.2, -0.15) is 0 Å². The van der Waals surface area contributed by atoms with E-state index in [1.807, 2.05) is 20.8 Å². The monoisotopic (exact) mass is 295 g/mol. The van der Waals surface area contributed by atoms with Crippen molar-refractivity contribution in [2.45, 2.75) is 39.2 Å². The number of nitrogens with two attached hydrogens (primary N) is 1. The Bertz CT molecular complexity index is 449. The van der Waals surface area contributed by atoms with Crippen LogP contribution >= 0.6 is 0 Å². The fourth-order valence-electron chi connectivity index (χ4n) is 2.18. The molecule has 0 saturated heterocycles. The number of rotatable bonds is 9. The standard InChI is InChI=1S/C16H26FN3O/c1-4-11-19-16(3,15(18)21)10-12-20(5-2)14-8-6-13(17)7-9-14/h6-9,19H,4-5,10-12H2,1-3H3,(H2,18,21). The van der Waals surface area contributed by atoms with Crippen LogP contribution in [0.25, 0.3) is 0 Å². The zero-order valence-corrected chi connectivity index (χ0v) is 13.2. The summed E-state index contributed by atoms with van der Waals surface area (Å²) in [6.07, 6.45) is 1.55. The van der Waals surface area contributed by atoms with E-state index in [-0.39, 0.29) is 11.7 Å². The van der Waals surface area contributed by atoms with E-state index < -0.39 is 5.54 Å². The van der Waals surface area contributed by atoms with Crippen LogP contribution < -0.4 is 16.0 Å². The van der Waals surface area contributed by atoms with Gasteiger partial charge in [0, 0.05) is 18.8 Å². The summed E-state index contributed by atoms with van der Waals surface area (Å²) >= 11 is 0. The summed E-state index contributed by atoms with van der Waals surface area (Å²) in [7, 11) is 0. The molecule has 1 amide bonds. The van der Waals surface area contributed by atoms with Gasteiger partial charge in [0.15, 0.2) is 0 Å². The van der Waals surface area contributed by atoms with Crippen LogP contribution in [0.2, 0.25) is 0 Å². The first-order valence-corrected chi connectivity index (χ1v) is 7.48. The maximum Gasteiger partial charge on any atom is 0.237 e. The highest BCUT2D eigenvalue weighted by molar-refractivity contribution is 5.84. The van der Waals surface area contributed by atoms with Crippen LogP contribution in [0.4, 0.5) is 10.1 Å². The van der Waals surface area contributed by atoms with Crippen LogP contribution in [0.3, 0.4) is 0 Å². The lowest BCUT2D eigenvalue weighted by Crippen LogP contribution is -2.54. The van der Waals surface area contributed by atoms with Crippen molar-refractivity contribution in [2.24, 2.45) is 5.73 Å². The summed E-state index contributed by atoms with van der Waals surface area (Å²) in [6.45, 7) is 8.13. The third kappa shape index (κ3) is 5.01. The van der Waals surface area contributed by atoms with Gasteiger partial charge >= 0.3 is 0 Å². The Balaban J connectivity index is 2.72. The second kappa shape index (κ2) is 7.98. The number of benzene rings is 1. The molecule has 1 rings (SSSR count). The number of hydrogen-bond donors (Lipinski definition) is 2. The van der Waals surface area contributed by atoms with Crippen molar-refractivity contribution in [1.82, 2.24) is 5.32 Å². The van der Waals surface area contributed by atoms with Gasteiger partial charge in [-0.05, 0) is 57.5 Å². The average Bonchev–Trinajstić information content (AvgIpc) is 2.47. The molecule has 0 aliphatic carbocycles. The van der Waals surface area contributed by atoms with Gasteiger partial charge in [-0.1, -0.05) is 6.92 Å². The minimum absolute atomic E-state index is 0.249. The molecule has 21 heavy (non-hydrogen) atoms. The largest absolute Gasteiger partial charge is 0.372 e. The summed E-state index contributed by atoms with van der Waals surface area (Å²) in [4.78, 5) is 13.8. The molecule has 5 heteroatoms. The molecule has 0 aromatic heterocycles. The Morgan fingerprint density at radius 2 is 1.95 bits per heavy atom. The van der Waals surface area contributed by atoms with Crippen molar-refractivity contribution in [3.05, 3.63) is 30.1 Å². The second-order valence-corrected chi connectivity index (χ2v) is 5.43. The number of nitrogens with zero attached hydrogens (tertiary/aromatic N) is 1. The van der Waals surface area contributed by atoms with E-state index in [1.165, 1.54) is 12.1 Å². The summed E-state index contributed by atoms with van der Waals surface area (Å²) in [5, 5.41) is 3.22. The molecule has 3 N–H and O–H groups in total. The molecule has 0 saturated carbocycles. The SMILES string of the molecule is CCCNC(C)(CCN(CC)c1ccc(F)cc1)C(N)=O. The van der Waals surface area contributed by atoms with Gasteiger partial charge in [0.1, 0.15) is 5.82 Å². The maximum absolute atomic E-state index is 13.0. The fourth-order valence-corrected chi connectivity index (χ4v) is 2.18. The van der Waals surface area contributed by atoms with Crippen molar-refractivity contribution in [3.8, 4) is 0 Å². The van der Waals surface area contributed by atoms with E-state index in [9.17, 15) is 9.18 Å². The highest BCUT2D eigenvalue weighted by Crippen LogP contribution is 2.18. The van der Waals surface area contributed by atoms with E-state index >= 15 is 0 Å². The van der Waals surface area contributed by atoms with Crippen LogP contribution in [-0.2, 0) is 4.79 Å². The number of amides is 1. The van der Waals surface area contributed by atoms with Crippen LogP contribution in [0.15, 0.2) is 24.3 Å². The zero-order valence-electron chi connectivity index (χ0n) is 13.2. The minimum Gasteiger partial charge on any atom is -0.372 e. The van der Waals surface area contributed by atoms with E-state index in [1.54, 1.807) is 12.1 Å². The Morgan fingerprint density at radius 1 is 1.33 bits per heavy atom. The van der Waals surface area contributed by atoms with E-state index in [0.29, 0.717) is 13.0 Å². The number of carbonyl (C=O) groups is 1. The molecular weight excluding hydrogens is 269 g/mol. The molecule has 0 bridgehead atoms. The van der Waals surface area contributed by atoms with Gasteiger partial charge in [0.05, 0.1) is 5.54 Å². The van der Waals surface area contributed by atoms with Gasteiger partial charge in [-0.25, -0.2) is 4.39 Å². The lowest BCUT2D eigenvalue weighted by Gasteiger charge is -2.31. The average molecular weight is 295 g/mol. The van der Waals surface area contributed by atoms with Gasteiger partial charge in [0.2, 0.25) is 5.91 Å². The summed E-state index contributed by atoms with van der Waals surface area (Å²) in [5.74, 6) is -0.590. The van der Waals surface area contributed by atoms with Gasteiger partial charge < -0.3 is 16.0 Å². The minimum atomic E-state index is -0.719. The summed E-state index contributed by atoms with van der Waals surface area (Å²) in [6, 6.07) is 6.39. The van der Waals surface area contributed by atoms with Gasteiger partial charge in [-0.3, -0.25) is 4.79 Å². The first-order valence-electron chi connectivity index (χ1n) is 7.48. The highest BCUT2D eigenvalue weighted by atomic mass is 19.1. The highest BCUT2D eigenvalue weighted by Gasteiger charge is 2.30. The van der Waals surface area contributed by atoms with Crippen LogP contribution in [0, 0.1) is 5.82 Å². The fraction of sp³-hybridized carbons (Fsp3) is 0.562. The molecular formula is C16H26FN3O. The number of carbonyl (C=O) groups excluding carboxylic acids is 1. The number of hydrogen-bond acceptors (Lipinski definition) is 3. The van der Waals surface area contributed by atoms with Crippen LogP contribution in [0.5, 0.6) is 0 Å². The van der Waals surface area contributed by atoms with Crippen LogP contribution in [-0.4, -0.2) is 31.1 Å². The number of halogens is 1. The molecule has 0 heterocycles. The number of nitrogens with one attached hydrogen (secondary N) is 1. The van der Waals surface area contributed by atoms with Gasteiger partial charge in [-0.15, -0.1) is 0 Å². The van der Waals surface area contributed by atoms with Gasteiger partial charge in [0.25, 0.3) is 0 Å². The molecule has 0 fully saturated rings. The van der Waals surface area contributed by atoms with Crippen molar-refractivity contribution >= 4 is 11.6 Å². The lowest BCUT2D eigenvalue weighted by atomic mass is 9.96. The maximum atomic E-state index is 13.0. The van der Waals surface area contributed by atoms with Crippen molar-refractivity contribution in [3.63, 3.8) is 0 Å². The zero-order chi connectivity index (χ0) is 15.9. The molecule has 1 unspecified atom stereocenters. The molecule has 118 valence electrons. The van der Waals surface area contributed by atoms with Crippen LogP contribution in [0.1, 0.15) is 33.6 Å². The normalized spacial score (nSPS) is 13.7. The molecule has 1 aromatic carbocycles. The molecule has 0 aliphatic heterocycles. The molecule has 0 spiro atoms. The number of primary amides is 1. The number of anilines is 1. The van der Waals surface area contributed by atoms with E-state index in [0.717, 1.165) is 25.2 Å². The lowest BCUT2D eigenvalue weighted by molar-refractivity contribution is -0.124. The van der Waals surface area contributed by atoms with E-state index in [4.69, 9.17) is 5.73 Å². The smallest absolute Gasteiger partial charge is 0.237 e. The Kier molecular flexibility index (Phi) is 6.62. The molecule has 0 aliphatic rings. The van der Waals surface area contributed by atoms with Crippen molar-refractivity contribution in [2.75, 3.05) is 24.5 Å². The Morgan fingerprint density at radius 3 is 2.43 bits per heavy atom. The molecule has 0 radical (unpaired) electrons. The predicted octanol–water partition coefficient (Wildman–Crippen LogP) is 2.29. The first kappa shape index (κ1) is 17.4. The summed E-state index contributed by atoms with van der Waals surface area (Å²) in [5.41, 5.74) is 5.76. The first-order chi connectivity index (χ1) is 9.92.